The first-order valence-corrected chi connectivity index (χ1v) is 6.19. The number of rotatable bonds is 5. The van der Waals surface area contributed by atoms with Crippen LogP contribution in [0.2, 0.25) is 0 Å². The van der Waals surface area contributed by atoms with Gasteiger partial charge in [-0.25, -0.2) is 4.79 Å². The maximum atomic E-state index is 13.4. The third-order valence-electron chi connectivity index (χ3n) is 2.26. The molecule has 0 spiro atoms. The van der Waals surface area contributed by atoms with Crippen molar-refractivity contribution >= 4 is 17.8 Å². The summed E-state index contributed by atoms with van der Waals surface area (Å²) in [7, 11) is 0. The van der Waals surface area contributed by atoms with Gasteiger partial charge in [0.15, 0.2) is 5.60 Å². The molecule has 12 heteroatoms. The van der Waals surface area contributed by atoms with E-state index in [0.717, 1.165) is 12.1 Å². The van der Waals surface area contributed by atoms with Gasteiger partial charge in [0, 0.05) is 12.1 Å². The van der Waals surface area contributed by atoms with Crippen LogP contribution in [0.1, 0.15) is 20.8 Å². The molecule has 0 aromatic heterocycles. The second-order valence-electron chi connectivity index (χ2n) is 4.45. The van der Waals surface area contributed by atoms with Crippen molar-refractivity contribution in [1.29, 1.82) is 0 Å². The molecule has 0 aliphatic carbocycles. The number of ether oxygens (including phenoxy) is 2. The summed E-state index contributed by atoms with van der Waals surface area (Å²) in [6.07, 6.45) is -2.33. The second-order valence-corrected chi connectivity index (χ2v) is 4.45. The maximum absolute atomic E-state index is 13.4. The van der Waals surface area contributed by atoms with E-state index >= 15 is 0 Å². The van der Waals surface area contributed by atoms with Crippen molar-refractivity contribution in [1.82, 2.24) is 0 Å². The number of nitro groups is 1. The summed E-state index contributed by atoms with van der Waals surface area (Å²) in [6, 6.07) is 3.06. The van der Waals surface area contributed by atoms with Crippen LogP contribution in [0.25, 0.3) is 0 Å². The molecule has 0 saturated carbocycles. The summed E-state index contributed by atoms with van der Waals surface area (Å²) in [5.41, 5.74) is -1.96. The first-order valence-electron chi connectivity index (χ1n) is 6.19. The van der Waals surface area contributed by atoms with Gasteiger partial charge in [-0.2, -0.15) is 4.39 Å². The Kier molecular flexibility index (Phi) is 17.4. The van der Waals surface area contributed by atoms with E-state index in [1.807, 2.05) is 0 Å². The number of nitrogens with zero attached hydrogens (tertiary/aromatic N) is 1. The Morgan fingerprint density at radius 3 is 2.08 bits per heavy atom. The minimum absolute atomic E-state index is 0. The van der Waals surface area contributed by atoms with Crippen molar-refractivity contribution in [2.75, 3.05) is 6.61 Å². The fourth-order valence-electron chi connectivity index (χ4n) is 1.34. The molecule has 0 N–H and O–H groups in total. The molecule has 1 aromatic rings. The summed E-state index contributed by atoms with van der Waals surface area (Å²) in [6.45, 7) is 4.77. The van der Waals surface area contributed by atoms with Gasteiger partial charge < -0.3 is 24.5 Å². The number of hydrogen-bond acceptors (Lipinski definition) is 8. The Balaban J connectivity index is -0.000000728. The number of nitro benzene ring substituents is 1. The van der Waals surface area contributed by atoms with Crippen molar-refractivity contribution in [3.63, 3.8) is 0 Å². The SMILES string of the molecule is CCOC(=O)C(C)(C)Oc1ccc([N+](=O)[O-])c(F)c1.O=C([O-])[O-].[K+].[K+]. The number of halogens is 1. The molecule has 128 valence electrons. The fraction of sp³-hybridized carbons (Fsp3) is 0.385. The minimum Gasteiger partial charge on any atom is -0.652 e. The van der Waals surface area contributed by atoms with Gasteiger partial charge in [0.1, 0.15) is 5.75 Å². The molecule has 0 bridgehead atoms. The van der Waals surface area contributed by atoms with E-state index in [2.05, 4.69) is 0 Å². The minimum atomic E-state index is -2.33. The molecule has 0 heterocycles. The molecule has 0 amide bonds. The van der Waals surface area contributed by atoms with Gasteiger partial charge in [-0.1, -0.05) is 0 Å². The predicted octanol–water partition coefficient (Wildman–Crippen LogP) is -5.98. The van der Waals surface area contributed by atoms with Crippen LogP contribution < -0.4 is 118 Å². The Bertz CT molecular complexity index is 593. The third kappa shape index (κ3) is 12.4. The van der Waals surface area contributed by atoms with Crippen LogP contribution in [-0.4, -0.2) is 29.3 Å². The number of carbonyl (C=O) groups excluding carboxylic acids is 2. The molecule has 0 saturated heterocycles. The van der Waals surface area contributed by atoms with Gasteiger partial charge in [-0.05, 0) is 33.0 Å². The molecule has 1 aromatic carbocycles. The van der Waals surface area contributed by atoms with E-state index in [4.69, 9.17) is 24.5 Å². The molecule has 0 unspecified atom stereocenters. The van der Waals surface area contributed by atoms with E-state index in [0.29, 0.717) is 0 Å². The van der Waals surface area contributed by atoms with Gasteiger partial charge >= 0.3 is 114 Å². The molecular weight excluding hydrogens is 395 g/mol. The number of carboxylic acid groups (broad SMARTS) is 2. The van der Waals surface area contributed by atoms with Crippen LogP contribution in [0.3, 0.4) is 0 Å². The Labute approximate surface area is 228 Å². The Morgan fingerprint density at radius 2 is 1.72 bits per heavy atom. The quantitative estimate of drug-likeness (QED) is 0.202. The molecule has 0 radical (unpaired) electrons. The van der Waals surface area contributed by atoms with Crippen LogP contribution >= 0.6 is 0 Å². The topological polar surface area (TPSA) is 142 Å². The fourth-order valence-corrected chi connectivity index (χ4v) is 1.34. The van der Waals surface area contributed by atoms with Crippen molar-refractivity contribution < 1.29 is 141 Å². The third-order valence-corrected chi connectivity index (χ3v) is 2.26. The predicted molar refractivity (Wildman–Crippen MR) is 69.8 cm³/mol. The van der Waals surface area contributed by atoms with Gasteiger partial charge in [-0.15, -0.1) is 0 Å². The Morgan fingerprint density at radius 1 is 1.24 bits per heavy atom. The molecule has 1 rings (SSSR count). The second kappa shape index (κ2) is 14.4. The zero-order valence-electron chi connectivity index (χ0n) is 14.5. The van der Waals surface area contributed by atoms with Crippen molar-refractivity contribution in [3.8, 4) is 5.75 Å². The van der Waals surface area contributed by atoms with E-state index in [9.17, 15) is 19.3 Å². The zero-order chi connectivity index (χ0) is 18.2. The standard InChI is InChI=1S/C12H14FNO5.CH2O3.2K/c1-4-18-11(15)12(2,3)19-8-5-6-10(14(16)17)9(13)7-8;2-1(3)4;;/h5-7H,4H2,1-3H3;(H2,2,3,4);;/q;;2*+1/p-2. The first kappa shape index (κ1) is 30.1. The maximum Gasteiger partial charge on any atom is 1.00 e. The smallest absolute Gasteiger partial charge is 0.652 e. The summed E-state index contributed by atoms with van der Waals surface area (Å²) in [4.78, 5) is 29.5. The number of carbonyl (C=O) groups is 2. The number of hydrogen-bond donors (Lipinski definition) is 0. The van der Waals surface area contributed by atoms with Crippen LogP contribution in [0, 0.1) is 15.9 Å². The summed E-state index contributed by atoms with van der Waals surface area (Å²) >= 11 is 0. The summed E-state index contributed by atoms with van der Waals surface area (Å²) < 4.78 is 23.5. The first-order chi connectivity index (χ1) is 10.5. The van der Waals surface area contributed by atoms with E-state index in [1.54, 1.807) is 6.92 Å². The number of esters is 1. The van der Waals surface area contributed by atoms with E-state index in [1.165, 1.54) is 19.9 Å². The van der Waals surface area contributed by atoms with Gasteiger partial charge in [0.25, 0.3) is 0 Å². The van der Waals surface area contributed by atoms with Crippen LogP contribution in [0.4, 0.5) is 14.9 Å². The molecule has 0 aliphatic rings. The molecule has 0 aliphatic heterocycles. The van der Waals surface area contributed by atoms with Gasteiger partial charge in [0.2, 0.25) is 5.82 Å². The van der Waals surface area contributed by atoms with E-state index in [-0.39, 0.29) is 115 Å². The van der Waals surface area contributed by atoms with Crippen molar-refractivity contribution in [2.24, 2.45) is 0 Å². The monoisotopic (exact) mass is 409 g/mol. The van der Waals surface area contributed by atoms with Crippen LogP contribution in [0.5, 0.6) is 5.75 Å². The van der Waals surface area contributed by atoms with Gasteiger partial charge in [-0.3, -0.25) is 10.1 Å². The molecule has 9 nitrogen and oxygen atoms in total. The normalized spacial score (nSPS) is 9.28. The summed E-state index contributed by atoms with van der Waals surface area (Å²) in [5, 5.41) is 27.1. The van der Waals surface area contributed by atoms with Gasteiger partial charge in [0.05, 0.1) is 11.5 Å². The molecule has 0 fully saturated rings. The number of benzene rings is 1. The van der Waals surface area contributed by atoms with Crippen molar-refractivity contribution in [3.05, 3.63) is 34.1 Å². The zero-order valence-corrected chi connectivity index (χ0v) is 20.8. The molecule has 0 atom stereocenters. The average Bonchev–Trinajstić information content (AvgIpc) is 2.37. The van der Waals surface area contributed by atoms with Crippen molar-refractivity contribution in [2.45, 2.75) is 26.4 Å². The Hall–Kier alpha value is 0.363. The summed E-state index contributed by atoms with van der Waals surface area (Å²) in [5.74, 6) is -1.61. The molecule has 25 heavy (non-hydrogen) atoms. The van der Waals surface area contributed by atoms with Crippen LogP contribution in [0.15, 0.2) is 18.2 Å². The van der Waals surface area contributed by atoms with Crippen LogP contribution in [-0.2, 0) is 9.53 Å². The molecular formula is C13H14FK2NO8. The largest absolute Gasteiger partial charge is 1.00 e. The van der Waals surface area contributed by atoms with E-state index < -0.39 is 34.2 Å². The average molecular weight is 409 g/mol.